The van der Waals surface area contributed by atoms with E-state index >= 15 is 0 Å². The number of carbonyl (C=O) groups is 1. The Morgan fingerprint density at radius 2 is 1.67 bits per heavy atom. The molecule has 0 spiro atoms. The largest absolute Gasteiger partial charge is 0.349 e. The van der Waals surface area contributed by atoms with Crippen molar-refractivity contribution in [1.82, 2.24) is 5.32 Å². The van der Waals surface area contributed by atoms with Crippen molar-refractivity contribution in [3.05, 3.63) is 58.1 Å². The Morgan fingerprint density at radius 3 is 2.22 bits per heavy atom. The highest BCUT2D eigenvalue weighted by Gasteiger charge is 2.23. The molecule has 27 heavy (non-hydrogen) atoms. The zero-order chi connectivity index (χ0) is 20.2. The molecule has 0 fully saturated rings. The Labute approximate surface area is 170 Å². The van der Waals surface area contributed by atoms with Gasteiger partial charge in [0.25, 0.3) is 15.9 Å². The summed E-state index contributed by atoms with van der Waals surface area (Å²) in [4.78, 5) is 12.7. The Morgan fingerprint density at radius 1 is 1.07 bits per heavy atom. The lowest BCUT2D eigenvalue weighted by atomic mass is 10.1. The van der Waals surface area contributed by atoms with Crippen LogP contribution in [0.15, 0.2) is 47.4 Å². The summed E-state index contributed by atoms with van der Waals surface area (Å²) in [7, 11) is -2.37. The number of sulfonamides is 1. The number of benzene rings is 2. The van der Waals surface area contributed by atoms with Gasteiger partial charge in [0, 0.05) is 18.1 Å². The predicted octanol–water partition coefficient (Wildman–Crippen LogP) is 4.74. The lowest BCUT2D eigenvalue weighted by molar-refractivity contribution is 0.0935. The van der Waals surface area contributed by atoms with Crippen LogP contribution in [-0.2, 0) is 10.0 Å². The zero-order valence-corrected chi connectivity index (χ0v) is 17.7. The highest BCUT2D eigenvalue weighted by molar-refractivity contribution is 7.92. The van der Waals surface area contributed by atoms with Gasteiger partial charge in [-0.2, -0.15) is 0 Å². The van der Waals surface area contributed by atoms with Crippen LogP contribution in [0, 0.1) is 0 Å². The quantitative estimate of drug-likeness (QED) is 0.692. The highest BCUT2D eigenvalue weighted by Crippen LogP contribution is 2.27. The molecule has 0 aromatic heterocycles. The molecule has 2 rings (SSSR count). The second-order valence-corrected chi connectivity index (χ2v) is 8.89. The molecule has 146 valence electrons. The van der Waals surface area contributed by atoms with E-state index in [0.29, 0.717) is 10.7 Å². The van der Waals surface area contributed by atoms with Gasteiger partial charge in [-0.25, -0.2) is 8.42 Å². The molecule has 2 aromatic carbocycles. The summed E-state index contributed by atoms with van der Waals surface area (Å²) in [5, 5.41) is 3.62. The lowest BCUT2D eigenvalue weighted by Crippen LogP contribution is -2.34. The Bertz CT molecular complexity index is 911. The summed E-state index contributed by atoms with van der Waals surface area (Å²) in [6.45, 7) is 3.97. The van der Waals surface area contributed by atoms with Gasteiger partial charge in [0.05, 0.1) is 21.2 Å². The summed E-state index contributed by atoms with van der Waals surface area (Å²) in [5.41, 5.74) is 0.572. The van der Waals surface area contributed by atoms with Crippen LogP contribution in [0.25, 0.3) is 0 Å². The molecule has 0 aliphatic rings. The molecule has 0 unspecified atom stereocenters. The second kappa shape index (κ2) is 8.95. The summed E-state index contributed by atoms with van der Waals surface area (Å²) >= 11 is 12.0. The first-order chi connectivity index (χ1) is 12.7. The average Bonchev–Trinajstić information content (AvgIpc) is 2.66. The SMILES string of the molecule is CCC(CC)NC(=O)c1cc(N(C)S(=O)(=O)c2ccc(Cl)cc2)ccc1Cl. The van der Waals surface area contributed by atoms with E-state index in [0.717, 1.165) is 17.1 Å². The van der Waals surface area contributed by atoms with Crippen molar-refractivity contribution in [3.63, 3.8) is 0 Å². The summed E-state index contributed by atoms with van der Waals surface area (Å²) < 4.78 is 26.8. The molecule has 5 nitrogen and oxygen atoms in total. The number of amides is 1. The van der Waals surface area contributed by atoms with Gasteiger partial charge in [0.1, 0.15) is 0 Å². The summed E-state index contributed by atoms with van der Waals surface area (Å²) in [6, 6.07) is 10.5. The molecule has 0 radical (unpaired) electrons. The van der Waals surface area contributed by atoms with Crippen LogP contribution in [0.2, 0.25) is 10.0 Å². The molecule has 1 amide bonds. The van der Waals surface area contributed by atoms with Crippen LogP contribution < -0.4 is 9.62 Å². The van der Waals surface area contributed by atoms with E-state index < -0.39 is 10.0 Å². The number of hydrogen-bond acceptors (Lipinski definition) is 3. The molecule has 0 bridgehead atoms. The first-order valence-electron chi connectivity index (χ1n) is 8.55. The number of nitrogens with one attached hydrogen (secondary N) is 1. The van der Waals surface area contributed by atoms with Crippen LogP contribution in [0.3, 0.4) is 0 Å². The molecular formula is C19H22Cl2N2O3S. The zero-order valence-electron chi connectivity index (χ0n) is 15.4. The van der Waals surface area contributed by atoms with E-state index in [-0.39, 0.29) is 27.4 Å². The maximum atomic E-state index is 12.8. The van der Waals surface area contributed by atoms with E-state index in [1.165, 1.54) is 43.4 Å². The molecule has 0 aliphatic carbocycles. The van der Waals surface area contributed by atoms with Gasteiger partial charge in [-0.3, -0.25) is 9.10 Å². The number of rotatable bonds is 7. The van der Waals surface area contributed by atoms with Gasteiger partial charge < -0.3 is 5.32 Å². The minimum Gasteiger partial charge on any atom is -0.349 e. The maximum Gasteiger partial charge on any atom is 0.264 e. The van der Waals surface area contributed by atoms with E-state index in [2.05, 4.69) is 5.32 Å². The lowest BCUT2D eigenvalue weighted by Gasteiger charge is -2.21. The molecule has 0 aliphatic heterocycles. The molecule has 2 aromatic rings. The fourth-order valence-corrected chi connectivity index (χ4v) is 4.06. The Balaban J connectivity index is 2.36. The van der Waals surface area contributed by atoms with Crippen LogP contribution in [0.1, 0.15) is 37.0 Å². The summed E-state index contributed by atoms with van der Waals surface area (Å²) in [5.74, 6) is -0.326. The third kappa shape index (κ3) is 4.94. The normalized spacial score (nSPS) is 11.5. The van der Waals surface area contributed by atoms with Gasteiger partial charge in [0.15, 0.2) is 0 Å². The fraction of sp³-hybridized carbons (Fsp3) is 0.316. The molecule has 1 N–H and O–H groups in total. The van der Waals surface area contributed by atoms with Crippen molar-refractivity contribution in [3.8, 4) is 0 Å². The minimum atomic E-state index is -3.80. The van der Waals surface area contributed by atoms with Gasteiger partial charge in [-0.15, -0.1) is 0 Å². The summed E-state index contributed by atoms with van der Waals surface area (Å²) in [6.07, 6.45) is 1.59. The third-order valence-corrected chi connectivity index (χ3v) is 6.73. The van der Waals surface area contributed by atoms with Crippen LogP contribution in [0.5, 0.6) is 0 Å². The number of nitrogens with zero attached hydrogens (tertiary/aromatic N) is 1. The number of anilines is 1. The number of carbonyl (C=O) groups excluding carboxylic acids is 1. The van der Waals surface area contributed by atoms with E-state index in [1.54, 1.807) is 6.07 Å². The molecular weight excluding hydrogens is 407 g/mol. The van der Waals surface area contributed by atoms with Crippen LogP contribution in [-0.4, -0.2) is 27.4 Å². The van der Waals surface area contributed by atoms with E-state index in [9.17, 15) is 13.2 Å². The number of halogens is 2. The van der Waals surface area contributed by atoms with Crippen LogP contribution >= 0.6 is 23.2 Å². The van der Waals surface area contributed by atoms with Crippen molar-refractivity contribution >= 4 is 44.8 Å². The molecule has 0 saturated carbocycles. The van der Waals surface area contributed by atoms with Crippen molar-refractivity contribution in [2.75, 3.05) is 11.4 Å². The predicted molar refractivity (Wildman–Crippen MR) is 110 cm³/mol. The van der Waals surface area contributed by atoms with Gasteiger partial charge in [-0.05, 0) is 55.3 Å². The van der Waals surface area contributed by atoms with E-state index in [4.69, 9.17) is 23.2 Å². The van der Waals surface area contributed by atoms with Gasteiger partial charge in [-0.1, -0.05) is 37.0 Å². The number of hydrogen-bond donors (Lipinski definition) is 1. The Kier molecular flexibility index (Phi) is 7.14. The molecule has 0 saturated heterocycles. The molecule has 8 heteroatoms. The minimum absolute atomic E-state index is 0.0350. The average molecular weight is 429 g/mol. The van der Waals surface area contributed by atoms with Gasteiger partial charge in [0.2, 0.25) is 0 Å². The van der Waals surface area contributed by atoms with E-state index in [1.807, 2.05) is 13.8 Å². The Hall–Kier alpha value is -1.76. The van der Waals surface area contributed by atoms with Gasteiger partial charge >= 0.3 is 0 Å². The monoisotopic (exact) mass is 428 g/mol. The molecule has 0 heterocycles. The third-order valence-electron chi connectivity index (χ3n) is 4.35. The molecule has 0 atom stereocenters. The van der Waals surface area contributed by atoms with Crippen LogP contribution in [0.4, 0.5) is 5.69 Å². The first kappa shape index (κ1) is 21.5. The van der Waals surface area contributed by atoms with Crippen molar-refractivity contribution in [2.45, 2.75) is 37.6 Å². The van der Waals surface area contributed by atoms with Crippen molar-refractivity contribution in [2.24, 2.45) is 0 Å². The van der Waals surface area contributed by atoms with Crippen molar-refractivity contribution < 1.29 is 13.2 Å². The fourth-order valence-electron chi connectivity index (χ4n) is 2.54. The smallest absolute Gasteiger partial charge is 0.264 e. The first-order valence-corrected chi connectivity index (χ1v) is 10.7. The standard InChI is InChI=1S/C19H22Cl2N2O3S/c1-4-14(5-2)22-19(24)17-12-15(8-11-18(17)21)23(3)27(25,26)16-9-6-13(20)7-10-16/h6-12,14H,4-5H2,1-3H3,(H,22,24). The van der Waals surface area contributed by atoms with Crippen molar-refractivity contribution in [1.29, 1.82) is 0 Å². The maximum absolute atomic E-state index is 12.8. The highest BCUT2D eigenvalue weighted by atomic mass is 35.5. The topological polar surface area (TPSA) is 66.5 Å². The second-order valence-electron chi connectivity index (χ2n) is 6.08.